The summed E-state index contributed by atoms with van der Waals surface area (Å²) in [6.45, 7) is 3.81. The molecule has 1 amide bonds. The molecular weight excluding hydrogens is 779 g/mol. The molecule has 7 atom stereocenters. The first-order chi connectivity index (χ1) is 30.3. The smallest absolute Gasteiger partial charge is 0.220 e. The fraction of sp³-hybridized carbons (Fsp3) is 0.943. The summed E-state index contributed by atoms with van der Waals surface area (Å²) in [6.07, 6.45) is 45.6. The molecule has 0 spiro atoms. The van der Waals surface area contributed by atoms with Crippen molar-refractivity contribution >= 4 is 5.91 Å². The average Bonchev–Trinajstić information content (AvgIpc) is 3.27. The molecule has 1 aliphatic heterocycles. The minimum atomic E-state index is -1.55. The van der Waals surface area contributed by atoms with Gasteiger partial charge in [-0.25, -0.2) is 0 Å². The van der Waals surface area contributed by atoms with Gasteiger partial charge in [0.15, 0.2) is 6.29 Å². The number of carbonyl (C=O) groups excluding carboxylic acids is 1. The molecule has 1 rings (SSSR count). The lowest BCUT2D eigenvalue weighted by Gasteiger charge is -2.40. The summed E-state index contributed by atoms with van der Waals surface area (Å²) < 4.78 is 11.2. The maximum atomic E-state index is 13.0. The Kier molecular flexibility index (Phi) is 41.6. The Morgan fingerprint density at radius 1 is 0.532 bits per heavy atom. The summed E-state index contributed by atoms with van der Waals surface area (Å²) >= 11 is 0. The molecule has 1 fully saturated rings. The first-order valence-electron chi connectivity index (χ1n) is 26.9. The number of allylic oxidation sites excluding steroid dienone is 2. The Bertz CT molecular complexity index is 981. The number of hydrogen-bond donors (Lipinski definition) is 6. The van der Waals surface area contributed by atoms with Crippen LogP contribution in [-0.2, 0) is 14.3 Å². The Morgan fingerprint density at radius 3 is 1.31 bits per heavy atom. The van der Waals surface area contributed by atoms with Crippen LogP contribution in [0.15, 0.2) is 12.2 Å². The van der Waals surface area contributed by atoms with Gasteiger partial charge in [-0.15, -0.1) is 0 Å². The monoisotopic (exact) mass is 882 g/mol. The summed E-state index contributed by atoms with van der Waals surface area (Å²) in [5.41, 5.74) is 0. The van der Waals surface area contributed by atoms with Crippen LogP contribution in [0.2, 0.25) is 0 Å². The van der Waals surface area contributed by atoms with Crippen LogP contribution < -0.4 is 5.32 Å². The van der Waals surface area contributed by atoms with Crippen LogP contribution in [0.5, 0.6) is 0 Å². The van der Waals surface area contributed by atoms with Crippen molar-refractivity contribution in [1.29, 1.82) is 0 Å². The number of rotatable bonds is 46. The lowest BCUT2D eigenvalue weighted by molar-refractivity contribution is -0.302. The Balaban J connectivity index is 2.05. The van der Waals surface area contributed by atoms with Gasteiger partial charge < -0.3 is 40.3 Å². The van der Waals surface area contributed by atoms with E-state index in [2.05, 4.69) is 31.3 Å². The Labute approximate surface area is 382 Å². The zero-order chi connectivity index (χ0) is 45.1. The highest BCUT2D eigenvalue weighted by atomic mass is 16.7. The number of aliphatic hydroxyl groups is 5. The van der Waals surface area contributed by atoms with E-state index in [0.717, 1.165) is 38.5 Å². The van der Waals surface area contributed by atoms with E-state index in [4.69, 9.17) is 9.47 Å². The molecule has 7 unspecified atom stereocenters. The molecular formula is C53H103NO8. The fourth-order valence-corrected chi connectivity index (χ4v) is 8.80. The first-order valence-corrected chi connectivity index (χ1v) is 26.9. The standard InChI is InChI=1S/C53H103NO8/c1-3-5-7-9-11-13-14-15-16-17-18-19-20-21-22-23-24-25-26-27-28-29-30-31-32-33-34-35-37-39-41-43-49(57)54-46(47(56)42-40-38-36-12-10-8-6-4-2)45-61-53-52(60)51(59)50(58)48(44-55)62-53/h17-18,46-48,50-53,55-56,58-60H,3-16,19-45H2,1-2H3,(H,54,57)/b18-17-. The van der Waals surface area contributed by atoms with Crippen LogP contribution >= 0.6 is 0 Å². The van der Waals surface area contributed by atoms with Crippen molar-refractivity contribution in [3.8, 4) is 0 Å². The van der Waals surface area contributed by atoms with Crippen molar-refractivity contribution in [1.82, 2.24) is 5.32 Å². The molecule has 1 aliphatic rings. The molecule has 0 aromatic heterocycles. The number of carbonyl (C=O) groups is 1. The minimum absolute atomic E-state index is 0.134. The maximum Gasteiger partial charge on any atom is 0.220 e. The van der Waals surface area contributed by atoms with Gasteiger partial charge in [-0.3, -0.25) is 4.79 Å². The molecule has 0 aliphatic carbocycles. The van der Waals surface area contributed by atoms with Crippen LogP contribution in [0.3, 0.4) is 0 Å². The zero-order valence-corrected chi connectivity index (χ0v) is 40.6. The molecule has 1 heterocycles. The summed E-state index contributed by atoms with van der Waals surface area (Å²) in [5.74, 6) is -0.143. The van der Waals surface area contributed by atoms with Gasteiger partial charge in [0, 0.05) is 6.42 Å². The quantitative estimate of drug-likeness (QED) is 0.0261. The molecule has 9 heteroatoms. The van der Waals surface area contributed by atoms with E-state index in [1.807, 2.05) is 0 Å². The second-order valence-corrected chi connectivity index (χ2v) is 19.0. The fourth-order valence-electron chi connectivity index (χ4n) is 8.80. The second kappa shape index (κ2) is 43.8. The summed E-state index contributed by atoms with van der Waals surface area (Å²) in [6, 6.07) is -0.712. The third-order valence-corrected chi connectivity index (χ3v) is 13.1. The highest BCUT2D eigenvalue weighted by molar-refractivity contribution is 5.76. The van der Waals surface area contributed by atoms with E-state index >= 15 is 0 Å². The molecule has 9 nitrogen and oxygen atoms in total. The van der Waals surface area contributed by atoms with Gasteiger partial charge in [0.1, 0.15) is 24.4 Å². The average molecular weight is 882 g/mol. The van der Waals surface area contributed by atoms with E-state index in [0.29, 0.717) is 12.8 Å². The van der Waals surface area contributed by atoms with Gasteiger partial charge in [-0.2, -0.15) is 0 Å². The van der Waals surface area contributed by atoms with Crippen LogP contribution in [-0.4, -0.2) is 87.5 Å². The highest BCUT2D eigenvalue weighted by Gasteiger charge is 2.44. The predicted octanol–water partition coefficient (Wildman–Crippen LogP) is 12.5. The first kappa shape index (κ1) is 58.9. The number of nitrogens with one attached hydrogen (secondary N) is 1. The van der Waals surface area contributed by atoms with E-state index in [1.54, 1.807) is 0 Å². The summed E-state index contributed by atoms with van der Waals surface area (Å²) in [7, 11) is 0. The molecule has 368 valence electrons. The van der Waals surface area contributed by atoms with E-state index in [-0.39, 0.29) is 12.5 Å². The molecule has 0 bridgehead atoms. The van der Waals surface area contributed by atoms with Crippen molar-refractivity contribution in [3.63, 3.8) is 0 Å². The van der Waals surface area contributed by atoms with Gasteiger partial charge in [0.05, 0.1) is 25.4 Å². The Morgan fingerprint density at radius 2 is 0.903 bits per heavy atom. The number of hydrogen-bond acceptors (Lipinski definition) is 8. The number of aliphatic hydroxyl groups excluding tert-OH is 5. The van der Waals surface area contributed by atoms with Gasteiger partial charge >= 0.3 is 0 Å². The van der Waals surface area contributed by atoms with Crippen molar-refractivity contribution < 1.29 is 39.8 Å². The molecule has 0 saturated carbocycles. The lowest BCUT2D eigenvalue weighted by atomic mass is 9.99. The van der Waals surface area contributed by atoms with Crippen molar-refractivity contribution in [2.24, 2.45) is 0 Å². The Hall–Kier alpha value is -1.07. The van der Waals surface area contributed by atoms with Gasteiger partial charge in [0.25, 0.3) is 0 Å². The number of unbranched alkanes of at least 4 members (excludes halogenated alkanes) is 34. The van der Waals surface area contributed by atoms with Crippen molar-refractivity contribution in [2.75, 3.05) is 13.2 Å². The largest absolute Gasteiger partial charge is 0.394 e. The number of ether oxygens (including phenoxy) is 2. The van der Waals surface area contributed by atoms with E-state index in [9.17, 15) is 30.3 Å². The molecule has 0 aromatic rings. The lowest BCUT2D eigenvalue weighted by Crippen LogP contribution is -2.60. The SMILES string of the molecule is CCCCCCCCCC/C=C\CCCCCCCCCCCCCCCCCCCCCC(=O)NC(COC1OC(CO)C(O)C(O)C1O)C(O)CCCCCCCCCC. The summed E-state index contributed by atoms with van der Waals surface area (Å²) in [4.78, 5) is 13.0. The minimum Gasteiger partial charge on any atom is -0.394 e. The maximum absolute atomic E-state index is 13.0. The van der Waals surface area contributed by atoms with Gasteiger partial charge in [-0.1, -0.05) is 231 Å². The normalized spacial score (nSPS) is 20.3. The van der Waals surface area contributed by atoms with Crippen LogP contribution in [0.1, 0.15) is 264 Å². The third-order valence-electron chi connectivity index (χ3n) is 13.1. The van der Waals surface area contributed by atoms with Crippen LogP contribution in [0.4, 0.5) is 0 Å². The molecule has 0 radical (unpaired) electrons. The third kappa shape index (κ3) is 33.4. The van der Waals surface area contributed by atoms with Gasteiger partial charge in [0.2, 0.25) is 5.91 Å². The van der Waals surface area contributed by atoms with Gasteiger partial charge in [-0.05, 0) is 38.5 Å². The predicted molar refractivity (Wildman–Crippen MR) is 258 cm³/mol. The molecule has 0 aromatic carbocycles. The van der Waals surface area contributed by atoms with E-state index in [1.165, 1.54) is 199 Å². The van der Waals surface area contributed by atoms with Crippen LogP contribution in [0, 0.1) is 0 Å². The van der Waals surface area contributed by atoms with Crippen molar-refractivity contribution in [2.45, 2.75) is 307 Å². The highest BCUT2D eigenvalue weighted by Crippen LogP contribution is 2.23. The topological polar surface area (TPSA) is 149 Å². The number of amides is 1. The molecule has 62 heavy (non-hydrogen) atoms. The second-order valence-electron chi connectivity index (χ2n) is 19.0. The van der Waals surface area contributed by atoms with E-state index < -0.39 is 49.5 Å². The molecule has 6 N–H and O–H groups in total. The summed E-state index contributed by atoms with van der Waals surface area (Å²) in [5, 5.41) is 54.2. The molecule has 1 saturated heterocycles. The van der Waals surface area contributed by atoms with Crippen LogP contribution in [0.25, 0.3) is 0 Å². The zero-order valence-electron chi connectivity index (χ0n) is 40.6. The van der Waals surface area contributed by atoms with Crippen molar-refractivity contribution in [3.05, 3.63) is 12.2 Å².